The number of hydrogen-bond acceptors (Lipinski definition) is 4. The number of benzene rings is 1. The number of ether oxygens (including phenoxy) is 1. The Balaban J connectivity index is 1.64. The van der Waals surface area contributed by atoms with Crippen molar-refractivity contribution in [1.29, 1.82) is 0 Å². The van der Waals surface area contributed by atoms with Gasteiger partial charge in [-0.05, 0) is 18.9 Å². The number of hydrogen-bond donors (Lipinski definition) is 1. The van der Waals surface area contributed by atoms with Crippen molar-refractivity contribution in [3.05, 3.63) is 52.8 Å². The van der Waals surface area contributed by atoms with Gasteiger partial charge in [-0.1, -0.05) is 30.3 Å². The summed E-state index contributed by atoms with van der Waals surface area (Å²) in [6, 6.07) is 9.97. The van der Waals surface area contributed by atoms with Crippen LogP contribution in [0.3, 0.4) is 0 Å². The number of H-pyrrole nitrogens is 1. The minimum Gasteiger partial charge on any atom is -0.461 e. The maximum atomic E-state index is 12.5. The van der Waals surface area contributed by atoms with Crippen LogP contribution in [0, 0.1) is 0 Å². The van der Waals surface area contributed by atoms with E-state index in [1.807, 2.05) is 30.3 Å². The van der Waals surface area contributed by atoms with E-state index < -0.39 is 5.97 Å². The fourth-order valence-corrected chi connectivity index (χ4v) is 2.93. The van der Waals surface area contributed by atoms with Crippen molar-refractivity contribution < 1.29 is 14.3 Å². The Kier molecular flexibility index (Phi) is 4.93. The summed E-state index contributed by atoms with van der Waals surface area (Å²) in [4.78, 5) is 26.2. The number of aromatic amines is 1. The summed E-state index contributed by atoms with van der Waals surface area (Å²) in [5.41, 5.74) is 3.16. The molecular weight excluding hydrogens is 306 g/mol. The number of fused-ring (bicyclic) bond motifs is 1. The van der Waals surface area contributed by atoms with Gasteiger partial charge >= 0.3 is 5.97 Å². The van der Waals surface area contributed by atoms with E-state index in [1.54, 1.807) is 11.8 Å². The summed E-state index contributed by atoms with van der Waals surface area (Å²) in [7, 11) is 0. The van der Waals surface area contributed by atoms with Gasteiger partial charge in [-0.25, -0.2) is 4.79 Å². The second-order valence-electron chi connectivity index (χ2n) is 5.80. The molecule has 6 nitrogen and oxygen atoms in total. The molecule has 2 heterocycles. The number of esters is 1. The first-order valence-electron chi connectivity index (χ1n) is 8.24. The average molecular weight is 327 g/mol. The molecule has 1 aromatic carbocycles. The average Bonchev–Trinajstić information content (AvgIpc) is 3.04. The molecule has 1 amide bonds. The second-order valence-corrected chi connectivity index (χ2v) is 5.80. The van der Waals surface area contributed by atoms with Crippen LogP contribution in [-0.2, 0) is 28.9 Å². The predicted octanol–water partition coefficient (Wildman–Crippen LogP) is 2.10. The Morgan fingerprint density at radius 3 is 2.83 bits per heavy atom. The number of rotatable bonds is 5. The van der Waals surface area contributed by atoms with Crippen molar-refractivity contribution in [2.75, 3.05) is 13.2 Å². The lowest BCUT2D eigenvalue weighted by Crippen LogP contribution is -2.36. The number of aromatic nitrogens is 2. The summed E-state index contributed by atoms with van der Waals surface area (Å²) in [5, 5.41) is 6.96. The van der Waals surface area contributed by atoms with E-state index in [0.29, 0.717) is 38.2 Å². The third-order valence-electron chi connectivity index (χ3n) is 4.23. The lowest BCUT2D eigenvalue weighted by atomic mass is 10.0. The molecular formula is C18H21N3O3. The maximum Gasteiger partial charge on any atom is 0.359 e. The molecule has 0 saturated heterocycles. The zero-order chi connectivity index (χ0) is 16.9. The van der Waals surface area contributed by atoms with Crippen LogP contribution in [0.2, 0.25) is 0 Å². The van der Waals surface area contributed by atoms with Gasteiger partial charge in [-0.15, -0.1) is 0 Å². The minimum atomic E-state index is -0.436. The first-order chi connectivity index (χ1) is 11.7. The number of aryl methyl sites for hydroxylation is 1. The van der Waals surface area contributed by atoms with Crippen LogP contribution in [0.4, 0.5) is 0 Å². The van der Waals surface area contributed by atoms with Crippen molar-refractivity contribution >= 4 is 11.9 Å². The molecule has 0 fully saturated rings. The summed E-state index contributed by atoms with van der Waals surface area (Å²) in [6.45, 7) is 3.12. The number of amides is 1. The Hall–Kier alpha value is -2.63. The van der Waals surface area contributed by atoms with Crippen LogP contribution >= 0.6 is 0 Å². The van der Waals surface area contributed by atoms with Gasteiger partial charge in [-0.2, -0.15) is 5.10 Å². The largest absolute Gasteiger partial charge is 0.461 e. The Labute approximate surface area is 140 Å². The summed E-state index contributed by atoms with van der Waals surface area (Å²) in [5.74, 6) is -0.339. The van der Waals surface area contributed by atoms with E-state index in [9.17, 15) is 9.59 Å². The fraction of sp³-hybridized carbons (Fsp3) is 0.389. The fourth-order valence-electron chi connectivity index (χ4n) is 2.93. The van der Waals surface area contributed by atoms with Crippen LogP contribution in [0.1, 0.15) is 40.7 Å². The number of nitrogens with zero attached hydrogens (tertiary/aromatic N) is 2. The topological polar surface area (TPSA) is 75.3 Å². The Morgan fingerprint density at radius 1 is 1.29 bits per heavy atom. The van der Waals surface area contributed by atoms with E-state index in [-0.39, 0.29) is 5.91 Å². The molecule has 2 aromatic rings. The molecule has 126 valence electrons. The van der Waals surface area contributed by atoms with Crippen LogP contribution in [0.5, 0.6) is 0 Å². The van der Waals surface area contributed by atoms with E-state index in [2.05, 4.69) is 10.2 Å². The second kappa shape index (κ2) is 7.29. The monoisotopic (exact) mass is 327 g/mol. The SMILES string of the molecule is CCOC(=O)c1n[nH]c2c1CN(C(=O)CCc1ccccc1)CC2. The lowest BCUT2D eigenvalue weighted by molar-refractivity contribution is -0.132. The van der Waals surface area contributed by atoms with Gasteiger partial charge in [-0.3, -0.25) is 9.89 Å². The number of nitrogens with one attached hydrogen (secondary N) is 1. The molecule has 3 rings (SSSR count). The molecule has 1 aliphatic rings. The van der Waals surface area contributed by atoms with Crippen molar-refractivity contribution in [3.63, 3.8) is 0 Å². The van der Waals surface area contributed by atoms with Crippen LogP contribution in [0.15, 0.2) is 30.3 Å². The standard InChI is InChI=1S/C18H21N3O3/c1-2-24-18(23)17-14-12-21(11-10-15(14)19-20-17)16(22)9-8-13-6-4-3-5-7-13/h3-7H,2,8-12H2,1H3,(H,19,20). The predicted molar refractivity (Wildman–Crippen MR) is 88.4 cm³/mol. The maximum absolute atomic E-state index is 12.5. The van der Waals surface area contributed by atoms with Crippen LogP contribution < -0.4 is 0 Å². The molecule has 0 aliphatic carbocycles. The smallest absolute Gasteiger partial charge is 0.359 e. The van der Waals surface area contributed by atoms with Gasteiger partial charge in [0.2, 0.25) is 5.91 Å². The van der Waals surface area contributed by atoms with Gasteiger partial charge in [0.05, 0.1) is 6.61 Å². The van der Waals surface area contributed by atoms with Crippen molar-refractivity contribution in [1.82, 2.24) is 15.1 Å². The van der Waals surface area contributed by atoms with Crippen molar-refractivity contribution in [3.8, 4) is 0 Å². The molecule has 0 bridgehead atoms. The van der Waals surface area contributed by atoms with Crippen molar-refractivity contribution in [2.24, 2.45) is 0 Å². The molecule has 6 heteroatoms. The molecule has 24 heavy (non-hydrogen) atoms. The normalized spacial score (nSPS) is 13.5. The zero-order valence-electron chi connectivity index (χ0n) is 13.7. The van der Waals surface area contributed by atoms with Gasteiger partial charge in [0.15, 0.2) is 5.69 Å². The molecule has 0 spiro atoms. The minimum absolute atomic E-state index is 0.0977. The van der Waals surface area contributed by atoms with E-state index in [0.717, 1.165) is 23.2 Å². The number of carbonyl (C=O) groups excluding carboxylic acids is 2. The van der Waals surface area contributed by atoms with E-state index >= 15 is 0 Å². The van der Waals surface area contributed by atoms with Gasteiger partial charge in [0.25, 0.3) is 0 Å². The summed E-state index contributed by atoms with van der Waals surface area (Å²) < 4.78 is 5.03. The highest BCUT2D eigenvalue weighted by Crippen LogP contribution is 2.22. The highest BCUT2D eigenvalue weighted by atomic mass is 16.5. The molecule has 1 aromatic heterocycles. The molecule has 0 unspecified atom stereocenters. The number of carbonyl (C=O) groups is 2. The lowest BCUT2D eigenvalue weighted by Gasteiger charge is -2.27. The summed E-state index contributed by atoms with van der Waals surface area (Å²) in [6.07, 6.45) is 1.86. The first-order valence-corrected chi connectivity index (χ1v) is 8.24. The Bertz CT molecular complexity index is 724. The first kappa shape index (κ1) is 16.2. The highest BCUT2D eigenvalue weighted by Gasteiger charge is 2.28. The van der Waals surface area contributed by atoms with Crippen LogP contribution in [0.25, 0.3) is 0 Å². The zero-order valence-corrected chi connectivity index (χ0v) is 13.7. The van der Waals surface area contributed by atoms with Gasteiger partial charge in [0.1, 0.15) is 0 Å². The van der Waals surface area contributed by atoms with E-state index in [1.165, 1.54) is 0 Å². The van der Waals surface area contributed by atoms with Crippen LogP contribution in [-0.4, -0.2) is 40.1 Å². The van der Waals surface area contributed by atoms with Crippen molar-refractivity contribution in [2.45, 2.75) is 32.7 Å². The quantitative estimate of drug-likeness (QED) is 0.854. The Morgan fingerprint density at radius 2 is 2.08 bits per heavy atom. The van der Waals surface area contributed by atoms with Gasteiger partial charge < -0.3 is 9.64 Å². The molecule has 1 N–H and O–H groups in total. The molecule has 1 aliphatic heterocycles. The third kappa shape index (κ3) is 3.48. The van der Waals surface area contributed by atoms with E-state index in [4.69, 9.17) is 4.74 Å². The molecule has 0 saturated carbocycles. The highest BCUT2D eigenvalue weighted by molar-refractivity contribution is 5.89. The molecule has 0 radical (unpaired) electrons. The molecule has 0 atom stereocenters. The summed E-state index contributed by atoms with van der Waals surface area (Å²) >= 11 is 0. The van der Waals surface area contributed by atoms with Gasteiger partial charge in [0, 0.05) is 37.2 Å². The third-order valence-corrected chi connectivity index (χ3v) is 4.23.